The quantitative estimate of drug-likeness (QED) is 0.521. The molecule has 4 unspecified atom stereocenters. The van der Waals surface area contributed by atoms with Crippen molar-refractivity contribution in [2.75, 3.05) is 26.2 Å². The lowest BCUT2D eigenvalue weighted by molar-refractivity contribution is -0.532. The molecule has 0 bridgehead atoms. The molecular weight excluding hydrogens is 238 g/mol. The van der Waals surface area contributed by atoms with Crippen LogP contribution in [0.2, 0.25) is 0 Å². The molecule has 4 atom stereocenters. The topological polar surface area (TPSA) is 87.9 Å². The standard InChI is InChI=1S/C11H21N3O4/c1-8(15)10-7-13(4-5-18-10)9-2-3-11(12-6-9)14(16)17/h8-12,15H,2-7H2,1H3. The summed E-state index contributed by atoms with van der Waals surface area (Å²) in [5.74, 6) is 0. The second-order valence-corrected chi connectivity index (χ2v) is 5.09. The van der Waals surface area contributed by atoms with Crippen LogP contribution in [-0.4, -0.2) is 65.6 Å². The Bertz CT molecular complexity index is 292. The Hall–Kier alpha value is -0.760. The maximum atomic E-state index is 10.7. The fourth-order valence-corrected chi connectivity index (χ4v) is 2.64. The van der Waals surface area contributed by atoms with Crippen molar-refractivity contribution in [1.82, 2.24) is 10.2 Å². The van der Waals surface area contributed by atoms with Crippen LogP contribution < -0.4 is 5.32 Å². The number of nitro groups is 1. The van der Waals surface area contributed by atoms with Crippen LogP contribution in [0.1, 0.15) is 19.8 Å². The first-order chi connectivity index (χ1) is 8.58. The molecule has 18 heavy (non-hydrogen) atoms. The van der Waals surface area contributed by atoms with Crippen LogP contribution in [0.3, 0.4) is 0 Å². The molecule has 7 nitrogen and oxygen atoms in total. The van der Waals surface area contributed by atoms with Gasteiger partial charge in [-0.05, 0) is 13.3 Å². The predicted octanol–water partition coefficient (Wildman–Crippen LogP) is -0.577. The Morgan fingerprint density at radius 1 is 1.56 bits per heavy atom. The van der Waals surface area contributed by atoms with Gasteiger partial charge in [-0.25, -0.2) is 0 Å². The zero-order valence-electron chi connectivity index (χ0n) is 10.6. The van der Waals surface area contributed by atoms with Crippen LogP contribution >= 0.6 is 0 Å². The van der Waals surface area contributed by atoms with Crippen LogP contribution in [0.4, 0.5) is 0 Å². The SMILES string of the molecule is CC(O)C1CN(C2CCC([N+](=O)[O-])NC2)CCO1. The van der Waals surface area contributed by atoms with Gasteiger partial charge in [0, 0.05) is 37.0 Å². The summed E-state index contributed by atoms with van der Waals surface area (Å²) in [6.07, 6.45) is 0.164. The van der Waals surface area contributed by atoms with Gasteiger partial charge in [0.25, 0.3) is 6.17 Å². The van der Waals surface area contributed by atoms with Crippen LogP contribution in [0.25, 0.3) is 0 Å². The van der Waals surface area contributed by atoms with Gasteiger partial charge in [0.1, 0.15) is 0 Å². The van der Waals surface area contributed by atoms with Gasteiger partial charge in [-0.1, -0.05) is 0 Å². The van der Waals surface area contributed by atoms with Crippen molar-refractivity contribution in [3.8, 4) is 0 Å². The highest BCUT2D eigenvalue weighted by molar-refractivity contribution is 4.85. The average molecular weight is 259 g/mol. The number of nitrogens with one attached hydrogen (secondary N) is 1. The molecule has 0 aromatic carbocycles. The van der Waals surface area contributed by atoms with Gasteiger partial charge in [-0.2, -0.15) is 0 Å². The number of morpholine rings is 1. The van der Waals surface area contributed by atoms with Gasteiger partial charge in [0.2, 0.25) is 0 Å². The van der Waals surface area contributed by atoms with Crippen LogP contribution in [0.5, 0.6) is 0 Å². The van der Waals surface area contributed by atoms with E-state index < -0.39 is 12.3 Å². The first-order valence-corrected chi connectivity index (χ1v) is 6.48. The molecule has 0 saturated carbocycles. The lowest BCUT2D eigenvalue weighted by Gasteiger charge is -2.41. The molecule has 2 aliphatic heterocycles. The summed E-state index contributed by atoms with van der Waals surface area (Å²) in [6.45, 7) is 4.52. The molecule has 0 aliphatic carbocycles. The molecule has 7 heteroatoms. The summed E-state index contributed by atoms with van der Waals surface area (Å²) < 4.78 is 5.50. The number of aliphatic hydroxyl groups excluding tert-OH is 1. The van der Waals surface area contributed by atoms with E-state index in [4.69, 9.17) is 4.74 Å². The average Bonchev–Trinajstić information content (AvgIpc) is 2.39. The van der Waals surface area contributed by atoms with E-state index >= 15 is 0 Å². The molecule has 0 radical (unpaired) electrons. The molecule has 0 spiro atoms. The third kappa shape index (κ3) is 3.17. The molecule has 0 amide bonds. The molecule has 2 fully saturated rings. The molecule has 104 valence electrons. The lowest BCUT2D eigenvalue weighted by atomic mass is 10.0. The largest absolute Gasteiger partial charge is 0.391 e. The molecule has 2 aliphatic rings. The van der Waals surface area contributed by atoms with Crippen molar-refractivity contribution < 1.29 is 14.8 Å². The predicted molar refractivity (Wildman–Crippen MR) is 64.8 cm³/mol. The molecule has 2 rings (SSSR count). The summed E-state index contributed by atoms with van der Waals surface area (Å²) >= 11 is 0. The van der Waals surface area contributed by atoms with Crippen LogP contribution in [0.15, 0.2) is 0 Å². The highest BCUT2D eigenvalue weighted by atomic mass is 16.6. The van der Waals surface area contributed by atoms with E-state index in [-0.39, 0.29) is 11.0 Å². The zero-order valence-corrected chi connectivity index (χ0v) is 10.6. The first kappa shape index (κ1) is 13.7. The van der Waals surface area contributed by atoms with E-state index in [1.807, 2.05) is 0 Å². The number of hydrogen-bond acceptors (Lipinski definition) is 6. The van der Waals surface area contributed by atoms with E-state index in [9.17, 15) is 15.2 Å². The Morgan fingerprint density at radius 3 is 2.89 bits per heavy atom. The van der Waals surface area contributed by atoms with Crippen molar-refractivity contribution in [3.05, 3.63) is 10.1 Å². The first-order valence-electron chi connectivity index (χ1n) is 6.48. The number of hydrogen-bond donors (Lipinski definition) is 2. The van der Waals surface area contributed by atoms with Gasteiger partial charge < -0.3 is 9.84 Å². The third-order valence-corrected chi connectivity index (χ3v) is 3.80. The number of nitrogens with zero attached hydrogens (tertiary/aromatic N) is 2. The Labute approximate surface area is 106 Å². The lowest BCUT2D eigenvalue weighted by Crippen LogP contribution is -2.57. The van der Waals surface area contributed by atoms with Crippen molar-refractivity contribution in [3.63, 3.8) is 0 Å². The normalized spacial score (nSPS) is 36.2. The molecular formula is C11H21N3O4. The van der Waals surface area contributed by atoms with Gasteiger partial charge in [0.15, 0.2) is 0 Å². The number of rotatable bonds is 3. The van der Waals surface area contributed by atoms with E-state index in [1.165, 1.54) is 0 Å². The minimum atomic E-state index is -0.602. The van der Waals surface area contributed by atoms with Gasteiger partial charge in [0.05, 0.1) is 18.8 Å². The Balaban J connectivity index is 1.84. The summed E-state index contributed by atoms with van der Waals surface area (Å²) in [4.78, 5) is 12.7. The molecule has 0 aromatic rings. The monoisotopic (exact) mass is 259 g/mol. The van der Waals surface area contributed by atoms with Crippen LogP contribution in [-0.2, 0) is 4.74 Å². The second-order valence-electron chi connectivity index (χ2n) is 5.09. The molecule has 0 aromatic heterocycles. The van der Waals surface area contributed by atoms with Crippen molar-refractivity contribution in [2.45, 2.75) is 44.2 Å². The minimum Gasteiger partial charge on any atom is -0.391 e. The Morgan fingerprint density at radius 2 is 2.33 bits per heavy atom. The number of aliphatic hydroxyl groups is 1. The molecule has 2 N–H and O–H groups in total. The smallest absolute Gasteiger partial charge is 0.266 e. The van der Waals surface area contributed by atoms with E-state index in [1.54, 1.807) is 6.92 Å². The fourth-order valence-electron chi connectivity index (χ4n) is 2.64. The zero-order chi connectivity index (χ0) is 13.1. The fraction of sp³-hybridized carbons (Fsp3) is 1.00. The van der Waals surface area contributed by atoms with Crippen molar-refractivity contribution in [2.24, 2.45) is 0 Å². The summed E-state index contributed by atoms with van der Waals surface area (Å²) in [7, 11) is 0. The Kier molecular flexibility index (Phi) is 4.50. The van der Waals surface area contributed by atoms with E-state index in [2.05, 4.69) is 10.2 Å². The molecule has 2 saturated heterocycles. The summed E-state index contributed by atoms with van der Waals surface area (Å²) in [5, 5.41) is 23.2. The van der Waals surface area contributed by atoms with Gasteiger partial charge in [-0.3, -0.25) is 20.3 Å². The summed E-state index contributed by atoms with van der Waals surface area (Å²) in [5.41, 5.74) is 0. The maximum absolute atomic E-state index is 10.7. The maximum Gasteiger partial charge on any atom is 0.266 e. The highest BCUT2D eigenvalue weighted by Gasteiger charge is 2.34. The van der Waals surface area contributed by atoms with Crippen molar-refractivity contribution >= 4 is 0 Å². The highest BCUT2D eigenvalue weighted by Crippen LogP contribution is 2.18. The van der Waals surface area contributed by atoms with Crippen molar-refractivity contribution in [1.29, 1.82) is 0 Å². The third-order valence-electron chi connectivity index (χ3n) is 3.80. The minimum absolute atomic E-state index is 0.146. The summed E-state index contributed by atoms with van der Waals surface area (Å²) in [6, 6.07) is 0.311. The second kappa shape index (κ2) is 5.92. The van der Waals surface area contributed by atoms with E-state index in [0.717, 1.165) is 13.0 Å². The molecule has 2 heterocycles. The van der Waals surface area contributed by atoms with Gasteiger partial charge >= 0.3 is 0 Å². The number of ether oxygens (including phenoxy) is 1. The van der Waals surface area contributed by atoms with Gasteiger partial charge in [-0.15, -0.1) is 0 Å². The van der Waals surface area contributed by atoms with E-state index in [0.29, 0.717) is 32.2 Å². The van der Waals surface area contributed by atoms with Crippen LogP contribution in [0, 0.1) is 10.1 Å². The number of piperidine rings is 1.